The summed E-state index contributed by atoms with van der Waals surface area (Å²) in [5.41, 5.74) is -0.186. The van der Waals surface area contributed by atoms with E-state index in [1.165, 1.54) is 0 Å². The molecular weight excluding hydrogens is 286 g/mol. The molecule has 1 saturated carbocycles. The first kappa shape index (κ1) is 10.7. The molecule has 0 radical (unpaired) electrons. The number of nitrogens with zero attached hydrogens (tertiary/aromatic N) is 3. The van der Waals surface area contributed by atoms with Crippen molar-refractivity contribution < 1.29 is 9.90 Å². The van der Waals surface area contributed by atoms with E-state index in [1.54, 1.807) is 10.7 Å². The monoisotopic (exact) mass is 295 g/mol. The van der Waals surface area contributed by atoms with Gasteiger partial charge in [0.2, 0.25) is 0 Å². The van der Waals surface area contributed by atoms with Crippen molar-refractivity contribution in [2.45, 2.75) is 24.7 Å². The number of aliphatic carboxylic acids is 1. The van der Waals surface area contributed by atoms with E-state index < -0.39 is 11.4 Å². The van der Waals surface area contributed by atoms with Crippen molar-refractivity contribution >= 4 is 27.5 Å². The maximum atomic E-state index is 11.3. The Kier molecular flexibility index (Phi) is 2.22. The maximum Gasteiger partial charge on any atom is 0.317 e. The average molecular weight is 296 g/mol. The van der Waals surface area contributed by atoms with Crippen LogP contribution in [0.3, 0.4) is 0 Å². The molecule has 2 aromatic heterocycles. The highest BCUT2D eigenvalue weighted by Crippen LogP contribution is 2.42. The second-order valence-electron chi connectivity index (χ2n) is 4.33. The second-order valence-corrected chi connectivity index (χ2v) is 5.24. The topological polar surface area (TPSA) is 67.5 Å². The molecular formula is C11H10BrN3O2. The fraction of sp³-hybridized carbons (Fsp3) is 0.364. The Bertz CT molecular complexity index is 604. The van der Waals surface area contributed by atoms with E-state index in [0.717, 1.165) is 10.9 Å². The van der Waals surface area contributed by atoms with Crippen LogP contribution in [0.25, 0.3) is 5.65 Å². The number of hydrogen-bond acceptors (Lipinski definition) is 3. The van der Waals surface area contributed by atoms with Gasteiger partial charge in [-0.25, -0.2) is 9.50 Å². The molecule has 2 heterocycles. The summed E-state index contributed by atoms with van der Waals surface area (Å²) in [6, 6.07) is 3.68. The number of hydrogen-bond donors (Lipinski definition) is 1. The predicted molar refractivity (Wildman–Crippen MR) is 63.9 cm³/mol. The number of carboxylic acid groups (broad SMARTS) is 1. The van der Waals surface area contributed by atoms with Crippen LogP contribution in [0.2, 0.25) is 0 Å². The molecule has 2 aromatic rings. The third kappa shape index (κ3) is 1.47. The normalized spacial score (nSPS) is 17.9. The van der Waals surface area contributed by atoms with Gasteiger partial charge < -0.3 is 5.11 Å². The molecule has 1 N–H and O–H groups in total. The van der Waals surface area contributed by atoms with Crippen molar-refractivity contribution in [2.75, 3.05) is 0 Å². The second kappa shape index (κ2) is 3.53. The number of carbonyl (C=O) groups is 1. The molecule has 3 rings (SSSR count). The highest BCUT2D eigenvalue weighted by molar-refractivity contribution is 9.10. The number of pyridine rings is 1. The number of rotatable bonds is 2. The molecule has 88 valence electrons. The zero-order chi connectivity index (χ0) is 12.0. The van der Waals surface area contributed by atoms with Crippen molar-refractivity contribution in [3.05, 3.63) is 28.6 Å². The SMILES string of the molecule is O=C(O)C1(c2nc3ccc(Br)cn3n2)CCC1. The van der Waals surface area contributed by atoms with Crippen LogP contribution in [0.15, 0.2) is 22.8 Å². The van der Waals surface area contributed by atoms with Crippen LogP contribution in [0.1, 0.15) is 25.1 Å². The minimum atomic E-state index is -0.863. The summed E-state index contributed by atoms with van der Waals surface area (Å²) in [5, 5.41) is 13.6. The first-order chi connectivity index (χ1) is 8.12. The van der Waals surface area contributed by atoms with Crippen molar-refractivity contribution in [1.82, 2.24) is 14.6 Å². The molecule has 0 atom stereocenters. The van der Waals surface area contributed by atoms with Gasteiger partial charge in [0, 0.05) is 10.7 Å². The first-order valence-corrected chi connectivity index (χ1v) is 6.17. The highest BCUT2D eigenvalue weighted by Gasteiger charge is 2.49. The van der Waals surface area contributed by atoms with Gasteiger partial charge >= 0.3 is 5.97 Å². The highest BCUT2D eigenvalue weighted by atomic mass is 79.9. The summed E-state index contributed by atoms with van der Waals surface area (Å²) in [6.07, 6.45) is 3.95. The van der Waals surface area contributed by atoms with Gasteiger partial charge in [-0.05, 0) is 40.9 Å². The van der Waals surface area contributed by atoms with Gasteiger partial charge in [-0.2, -0.15) is 5.10 Å². The van der Waals surface area contributed by atoms with E-state index in [0.29, 0.717) is 24.3 Å². The van der Waals surface area contributed by atoms with Crippen LogP contribution >= 0.6 is 15.9 Å². The molecule has 0 bridgehead atoms. The Hall–Kier alpha value is -1.43. The van der Waals surface area contributed by atoms with Gasteiger partial charge in [-0.15, -0.1) is 0 Å². The zero-order valence-corrected chi connectivity index (χ0v) is 10.5. The standard InChI is InChI=1S/C11H10BrN3O2/c12-7-2-3-8-13-9(14-15(8)6-7)11(10(16)17)4-1-5-11/h2-3,6H,1,4-5H2,(H,16,17). The fourth-order valence-electron chi connectivity index (χ4n) is 2.12. The van der Waals surface area contributed by atoms with Gasteiger partial charge in [0.25, 0.3) is 0 Å². The third-order valence-corrected chi connectivity index (χ3v) is 3.81. The maximum absolute atomic E-state index is 11.3. The molecule has 0 amide bonds. The first-order valence-electron chi connectivity index (χ1n) is 5.38. The molecule has 17 heavy (non-hydrogen) atoms. The van der Waals surface area contributed by atoms with E-state index >= 15 is 0 Å². The molecule has 0 unspecified atom stereocenters. The van der Waals surface area contributed by atoms with Gasteiger partial charge in [-0.3, -0.25) is 4.79 Å². The summed E-state index contributed by atoms with van der Waals surface area (Å²) >= 11 is 3.35. The van der Waals surface area contributed by atoms with Crippen molar-refractivity contribution in [2.24, 2.45) is 0 Å². The van der Waals surface area contributed by atoms with Gasteiger partial charge in [0.15, 0.2) is 11.5 Å². The van der Waals surface area contributed by atoms with E-state index in [1.807, 2.05) is 12.1 Å². The number of carboxylic acids is 1. The van der Waals surface area contributed by atoms with Crippen LogP contribution in [0.4, 0.5) is 0 Å². The predicted octanol–water partition coefficient (Wildman–Crippen LogP) is 2.00. The summed E-state index contributed by atoms with van der Waals surface area (Å²) in [6.45, 7) is 0. The van der Waals surface area contributed by atoms with Crippen molar-refractivity contribution in [3.8, 4) is 0 Å². The molecule has 5 nitrogen and oxygen atoms in total. The Balaban J connectivity index is 2.14. The van der Waals surface area contributed by atoms with E-state index in [9.17, 15) is 9.90 Å². The molecule has 1 fully saturated rings. The summed E-state index contributed by atoms with van der Waals surface area (Å²) in [4.78, 5) is 15.7. The summed E-state index contributed by atoms with van der Waals surface area (Å²) in [5.74, 6) is -0.395. The van der Waals surface area contributed by atoms with Crippen LogP contribution in [-0.2, 0) is 10.2 Å². The Morgan fingerprint density at radius 1 is 1.47 bits per heavy atom. The molecule has 1 aliphatic rings. The molecule has 0 aliphatic heterocycles. The van der Waals surface area contributed by atoms with E-state index in [2.05, 4.69) is 26.0 Å². The fourth-order valence-corrected chi connectivity index (χ4v) is 2.45. The average Bonchev–Trinajstić information content (AvgIpc) is 2.57. The molecule has 0 spiro atoms. The molecule has 0 saturated heterocycles. The Morgan fingerprint density at radius 3 is 2.82 bits per heavy atom. The lowest BCUT2D eigenvalue weighted by atomic mass is 9.68. The number of aromatic nitrogens is 3. The van der Waals surface area contributed by atoms with Gasteiger partial charge in [0.05, 0.1) is 0 Å². The molecule has 1 aliphatic carbocycles. The van der Waals surface area contributed by atoms with Gasteiger partial charge in [0.1, 0.15) is 5.41 Å². The smallest absolute Gasteiger partial charge is 0.317 e. The van der Waals surface area contributed by atoms with Crippen LogP contribution in [-0.4, -0.2) is 25.7 Å². The lowest BCUT2D eigenvalue weighted by molar-refractivity contribution is -0.147. The molecule has 0 aromatic carbocycles. The van der Waals surface area contributed by atoms with E-state index in [-0.39, 0.29) is 0 Å². The minimum absolute atomic E-state index is 0.425. The van der Waals surface area contributed by atoms with Crippen LogP contribution < -0.4 is 0 Å². The zero-order valence-electron chi connectivity index (χ0n) is 8.93. The summed E-state index contributed by atoms with van der Waals surface area (Å²) in [7, 11) is 0. The number of halogens is 1. The van der Waals surface area contributed by atoms with Crippen LogP contribution in [0.5, 0.6) is 0 Å². The van der Waals surface area contributed by atoms with Crippen LogP contribution in [0, 0.1) is 0 Å². The minimum Gasteiger partial charge on any atom is -0.480 e. The molecule has 6 heteroatoms. The Labute approximate surface area is 106 Å². The summed E-state index contributed by atoms with van der Waals surface area (Å²) < 4.78 is 2.50. The van der Waals surface area contributed by atoms with Gasteiger partial charge in [-0.1, -0.05) is 6.42 Å². The largest absolute Gasteiger partial charge is 0.480 e. The van der Waals surface area contributed by atoms with Crippen molar-refractivity contribution in [1.29, 1.82) is 0 Å². The lowest BCUT2D eigenvalue weighted by Gasteiger charge is -2.34. The Morgan fingerprint density at radius 2 is 2.24 bits per heavy atom. The lowest BCUT2D eigenvalue weighted by Crippen LogP contribution is -2.43. The quantitative estimate of drug-likeness (QED) is 0.920. The number of fused-ring (bicyclic) bond motifs is 1. The van der Waals surface area contributed by atoms with Crippen molar-refractivity contribution in [3.63, 3.8) is 0 Å². The third-order valence-electron chi connectivity index (χ3n) is 3.34. The van der Waals surface area contributed by atoms with E-state index in [4.69, 9.17) is 0 Å².